The molecule has 2 rings (SSSR count). The van der Waals surface area contributed by atoms with Crippen molar-refractivity contribution in [3.63, 3.8) is 0 Å². The number of benzene rings is 1. The molecule has 0 aliphatic heterocycles. The Balaban J connectivity index is 2.07. The fourth-order valence-corrected chi connectivity index (χ4v) is 4.07. The molecule has 0 bridgehead atoms. The zero-order valence-electron chi connectivity index (χ0n) is 12.2. The van der Waals surface area contributed by atoms with E-state index >= 15 is 0 Å². The quantitative estimate of drug-likeness (QED) is 0.669. The first-order valence-electron chi connectivity index (χ1n) is 7.28. The first-order valence-corrected chi connectivity index (χ1v) is 8.33. The summed E-state index contributed by atoms with van der Waals surface area (Å²) in [4.78, 5) is 11.5. The van der Waals surface area contributed by atoms with Crippen LogP contribution in [0.15, 0.2) is 24.3 Å². The fourth-order valence-electron chi connectivity index (χ4n) is 2.82. The van der Waals surface area contributed by atoms with E-state index in [0.717, 1.165) is 12.8 Å². The minimum Gasteiger partial charge on any atom is -0.465 e. The Labute approximate surface area is 125 Å². The van der Waals surface area contributed by atoms with Crippen LogP contribution in [0.2, 0.25) is 0 Å². The van der Waals surface area contributed by atoms with E-state index in [2.05, 4.69) is 29.6 Å². The molecule has 0 saturated heterocycles. The molecular weight excluding hydrogens is 270 g/mol. The molecule has 0 aromatic heterocycles. The Morgan fingerprint density at radius 1 is 1.45 bits per heavy atom. The van der Waals surface area contributed by atoms with Crippen molar-refractivity contribution in [2.75, 3.05) is 19.4 Å². The third-order valence-corrected chi connectivity index (χ3v) is 5.07. The van der Waals surface area contributed by atoms with Crippen molar-refractivity contribution in [2.24, 2.45) is 0 Å². The second-order valence-electron chi connectivity index (χ2n) is 5.01. The maximum atomic E-state index is 11.5. The lowest BCUT2D eigenvalue weighted by atomic mass is 9.99. The lowest BCUT2D eigenvalue weighted by Crippen LogP contribution is -2.28. The predicted octanol–water partition coefficient (Wildman–Crippen LogP) is 2.95. The number of nitrogens with one attached hydrogen (secondary N) is 1. The third kappa shape index (κ3) is 3.76. The summed E-state index contributed by atoms with van der Waals surface area (Å²) < 4.78 is 5.02. The van der Waals surface area contributed by atoms with E-state index in [1.807, 2.05) is 14.0 Å². The van der Waals surface area contributed by atoms with E-state index in [4.69, 9.17) is 4.74 Å². The van der Waals surface area contributed by atoms with Crippen LogP contribution in [0.25, 0.3) is 0 Å². The molecule has 2 atom stereocenters. The largest absolute Gasteiger partial charge is 0.465 e. The van der Waals surface area contributed by atoms with Gasteiger partial charge in [-0.15, -0.1) is 11.8 Å². The fraction of sp³-hybridized carbons (Fsp3) is 0.562. The summed E-state index contributed by atoms with van der Waals surface area (Å²) in [5.74, 6) is 0.337. The van der Waals surface area contributed by atoms with Crippen LogP contribution in [-0.4, -0.2) is 30.6 Å². The van der Waals surface area contributed by atoms with Gasteiger partial charge in [-0.1, -0.05) is 24.3 Å². The first kappa shape index (κ1) is 15.4. The van der Waals surface area contributed by atoms with Gasteiger partial charge in [-0.2, -0.15) is 0 Å². The zero-order valence-corrected chi connectivity index (χ0v) is 13.0. The SMILES string of the molecule is CCOC(=O)CSC1CCCc2ccccc2C1NC. The van der Waals surface area contributed by atoms with Crippen molar-refractivity contribution < 1.29 is 9.53 Å². The summed E-state index contributed by atoms with van der Waals surface area (Å²) in [6.07, 6.45) is 3.44. The Bertz CT molecular complexity index is 450. The first-order chi connectivity index (χ1) is 9.76. The molecule has 110 valence electrons. The van der Waals surface area contributed by atoms with Crippen molar-refractivity contribution in [1.82, 2.24) is 5.32 Å². The molecule has 1 aromatic rings. The highest BCUT2D eigenvalue weighted by Gasteiger charge is 2.27. The molecule has 0 spiro atoms. The van der Waals surface area contributed by atoms with Crippen molar-refractivity contribution in [2.45, 2.75) is 37.5 Å². The Morgan fingerprint density at radius 2 is 2.25 bits per heavy atom. The number of hydrogen-bond donors (Lipinski definition) is 1. The maximum Gasteiger partial charge on any atom is 0.315 e. The second-order valence-corrected chi connectivity index (χ2v) is 6.24. The number of carbonyl (C=O) groups is 1. The zero-order chi connectivity index (χ0) is 14.4. The number of hydrogen-bond acceptors (Lipinski definition) is 4. The number of carbonyl (C=O) groups excluding carboxylic acids is 1. The monoisotopic (exact) mass is 293 g/mol. The molecule has 1 aliphatic rings. The van der Waals surface area contributed by atoms with Gasteiger partial charge < -0.3 is 10.1 Å². The Kier molecular flexibility index (Phi) is 5.92. The van der Waals surface area contributed by atoms with Gasteiger partial charge in [0.1, 0.15) is 0 Å². The van der Waals surface area contributed by atoms with Crippen LogP contribution in [0.5, 0.6) is 0 Å². The van der Waals surface area contributed by atoms with E-state index in [1.165, 1.54) is 17.5 Å². The highest BCUT2D eigenvalue weighted by atomic mass is 32.2. The van der Waals surface area contributed by atoms with E-state index in [0.29, 0.717) is 23.7 Å². The number of fused-ring (bicyclic) bond motifs is 1. The van der Waals surface area contributed by atoms with Crippen molar-refractivity contribution >= 4 is 17.7 Å². The van der Waals surface area contributed by atoms with Gasteiger partial charge in [-0.05, 0) is 44.4 Å². The van der Waals surface area contributed by atoms with Crippen molar-refractivity contribution in [3.05, 3.63) is 35.4 Å². The van der Waals surface area contributed by atoms with Crippen molar-refractivity contribution in [1.29, 1.82) is 0 Å². The number of rotatable bonds is 5. The third-order valence-electron chi connectivity index (χ3n) is 3.73. The van der Waals surface area contributed by atoms with Gasteiger partial charge >= 0.3 is 5.97 Å². The van der Waals surface area contributed by atoms with Gasteiger partial charge in [0.25, 0.3) is 0 Å². The Hall–Kier alpha value is -1.00. The smallest absolute Gasteiger partial charge is 0.315 e. The number of ether oxygens (including phenoxy) is 1. The van der Waals surface area contributed by atoms with Crippen molar-refractivity contribution in [3.8, 4) is 0 Å². The average Bonchev–Trinajstić information content (AvgIpc) is 2.64. The van der Waals surface area contributed by atoms with Gasteiger partial charge in [0, 0.05) is 11.3 Å². The standard InChI is InChI=1S/C16H23NO2S/c1-3-19-15(18)11-20-14-10-6-8-12-7-4-5-9-13(12)16(14)17-2/h4-5,7,9,14,16-17H,3,6,8,10-11H2,1-2H3. The molecule has 1 aromatic carbocycles. The highest BCUT2D eigenvalue weighted by molar-refractivity contribution is 8.00. The summed E-state index contributed by atoms with van der Waals surface area (Å²) in [6, 6.07) is 8.95. The second kappa shape index (κ2) is 7.70. The molecule has 0 heterocycles. The highest BCUT2D eigenvalue weighted by Crippen LogP contribution is 2.35. The molecule has 1 aliphatic carbocycles. The summed E-state index contributed by atoms with van der Waals surface area (Å²) >= 11 is 1.72. The van der Waals surface area contributed by atoms with E-state index in [-0.39, 0.29) is 5.97 Å². The lowest BCUT2D eigenvalue weighted by molar-refractivity contribution is -0.139. The molecule has 0 amide bonds. The summed E-state index contributed by atoms with van der Waals surface area (Å²) in [5.41, 5.74) is 2.82. The molecular formula is C16H23NO2S. The molecule has 1 N–H and O–H groups in total. The minimum absolute atomic E-state index is 0.107. The summed E-state index contributed by atoms with van der Waals surface area (Å²) in [6.45, 7) is 2.31. The average molecular weight is 293 g/mol. The van der Waals surface area contributed by atoms with Crippen LogP contribution >= 0.6 is 11.8 Å². The normalized spacial score (nSPS) is 21.9. The predicted molar refractivity (Wildman–Crippen MR) is 84.1 cm³/mol. The van der Waals surface area contributed by atoms with Crippen LogP contribution in [0.3, 0.4) is 0 Å². The molecule has 4 heteroatoms. The minimum atomic E-state index is -0.107. The molecule has 2 unspecified atom stereocenters. The van der Waals surface area contributed by atoms with Gasteiger partial charge in [0.05, 0.1) is 12.4 Å². The van der Waals surface area contributed by atoms with Gasteiger partial charge in [-0.3, -0.25) is 4.79 Å². The summed E-state index contributed by atoms with van der Waals surface area (Å²) in [7, 11) is 2.00. The molecule has 0 radical (unpaired) electrons. The van der Waals surface area contributed by atoms with Gasteiger partial charge in [0.2, 0.25) is 0 Å². The van der Waals surface area contributed by atoms with Crippen LogP contribution in [0.1, 0.15) is 36.9 Å². The molecule has 20 heavy (non-hydrogen) atoms. The van der Waals surface area contributed by atoms with Crippen LogP contribution in [0.4, 0.5) is 0 Å². The number of esters is 1. The maximum absolute atomic E-state index is 11.5. The molecule has 0 fully saturated rings. The Morgan fingerprint density at radius 3 is 3.00 bits per heavy atom. The molecule has 3 nitrogen and oxygen atoms in total. The van der Waals surface area contributed by atoms with Gasteiger partial charge in [0.15, 0.2) is 0 Å². The number of aryl methyl sites for hydroxylation is 1. The van der Waals surface area contributed by atoms with Crippen LogP contribution in [-0.2, 0) is 16.0 Å². The van der Waals surface area contributed by atoms with E-state index < -0.39 is 0 Å². The van der Waals surface area contributed by atoms with E-state index in [1.54, 1.807) is 11.8 Å². The van der Waals surface area contributed by atoms with E-state index in [9.17, 15) is 4.79 Å². The number of thioether (sulfide) groups is 1. The van der Waals surface area contributed by atoms with Crippen LogP contribution < -0.4 is 5.32 Å². The van der Waals surface area contributed by atoms with Gasteiger partial charge in [-0.25, -0.2) is 0 Å². The lowest BCUT2D eigenvalue weighted by Gasteiger charge is -2.25. The van der Waals surface area contributed by atoms with Crippen LogP contribution in [0, 0.1) is 0 Å². The molecule has 0 saturated carbocycles. The summed E-state index contributed by atoms with van der Waals surface area (Å²) in [5, 5.41) is 3.86. The topological polar surface area (TPSA) is 38.3 Å².